The van der Waals surface area contributed by atoms with Crippen LogP contribution in [0.5, 0.6) is 0 Å². The first-order valence-electron chi connectivity index (χ1n) is 11.6. The topological polar surface area (TPSA) is 114 Å². The molecule has 0 heterocycles. The number of hydrogen-bond donors (Lipinski definition) is 3. The van der Waals surface area contributed by atoms with Crippen LogP contribution in [0.3, 0.4) is 0 Å². The molecular weight excluding hydrogens is 436 g/mol. The van der Waals surface area contributed by atoms with E-state index in [2.05, 4.69) is 22.8 Å². The van der Waals surface area contributed by atoms with E-state index in [0.29, 0.717) is 12.8 Å². The molecule has 0 aliphatic heterocycles. The zero-order chi connectivity index (χ0) is 24.1. The molecule has 3 N–H and O–H groups in total. The molecule has 8 nitrogen and oxygen atoms in total. The summed E-state index contributed by atoms with van der Waals surface area (Å²) in [6.45, 7) is 0.0748. The van der Waals surface area contributed by atoms with Crippen molar-refractivity contribution in [2.75, 3.05) is 20.3 Å². The quantitative estimate of drug-likeness (QED) is 0.550. The number of nitrogens with one attached hydrogen (secondary N) is 2. The fraction of sp³-hybridized carbons (Fsp3) is 0.423. The van der Waals surface area contributed by atoms with E-state index in [-0.39, 0.29) is 19.1 Å². The summed E-state index contributed by atoms with van der Waals surface area (Å²) in [6.07, 6.45) is 2.06. The summed E-state index contributed by atoms with van der Waals surface area (Å²) in [6, 6.07) is 14.6. The first-order chi connectivity index (χ1) is 16.5. The molecule has 4 rings (SSSR count). The van der Waals surface area contributed by atoms with Crippen LogP contribution in [0.1, 0.15) is 42.7 Å². The number of fused-ring (bicyclic) bond motifs is 3. The molecule has 1 saturated carbocycles. The van der Waals surface area contributed by atoms with Crippen molar-refractivity contribution >= 4 is 18.0 Å². The minimum atomic E-state index is -0.989. The minimum Gasteiger partial charge on any atom is -0.481 e. The lowest BCUT2D eigenvalue weighted by Crippen LogP contribution is -2.54. The zero-order valence-electron chi connectivity index (χ0n) is 19.2. The van der Waals surface area contributed by atoms with Crippen molar-refractivity contribution in [1.29, 1.82) is 0 Å². The van der Waals surface area contributed by atoms with Crippen LogP contribution < -0.4 is 10.6 Å². The second-order valence-corrected chi connectivity index (χ2v) is 8.82. The number of ether oxygens (including phenoxy) is 2. The molecule has 3 atom stereocenters. The van der Waals surface area contributed by atoms with E-state index in [9.17, 15) is 19.5 Å². The molecule has 180 valence electrons. The predicted octanol–water partition coefficient (Wildman–Crippen LogP) is 3.30. The van der Waals surface area contributed by atoms with Gasteiger partial charge in [-0.15, -0.1) is 0 Å². The average Bonchev–Trinajstić information content (AvgIpc) is 3.16. The molecular formula is C26H30N2O6. The van der Waals surface area contributed by atoms with Crippen LogP contribution in [-0.4, -0.2) is 55.5 Å². The number of aliphatic carboxylic acids is 1. The predicted molar refractivity (Wildman–Crippen MR) is 125 cm³/mol. The molecule has 2 aliphatic rings. The standard InChI is InChI=1S/C26H30N2O6/c1-33-15-23(24(29)27-22-13-7-6-12-20(22)25(30)31)28-26(32)34-14-21-18-10-4-2-8-16(18)17-9-3-5-11-19(17)21/h2-5,8-11,20-23H,6-7,12-15H2,1H3,(H,27,29)(H,28,32)(H,30,31)/t20-,22+,23?/m1/s1. The number of carbonyl (C=O) groups is 3. The van der Waals surface area contributed by atoms with E-state index in [1.165, 1.54) is 7.11 Å². The summed E-state index contributed by atoms with van der Waals surface area (Å²) in [5.41, 5.74) is 4.45. The first-order valence-corrected chi connectivity index (χ1v) is 11.6. The molecule has 2 aromatic rings. The third-order valence-electron chi connectivity index (χ3n) is 6.70. The number of amides is 2. The normalized spacial score (nSPS) is 20.0. The van der Waals surface area contributed by atoms with E-state index in [1.54, 1.807) is 0 Å². The lowest BCUT2D eigenvalue weighted by molar-refractivity contribution is -0.144. The van der Waals surface area contributed by atoms with Gasteiger partial charge in [-0.1, -0.05) is 61.4 Å². The molecule has 0 radical (unpaired) electrons. The van der Waals surface area contributed by atoms with E-state index in [4.69, 9.17) is 9.47 Å². The average molecular weight is 467 g/mol. The Morgan fingerprint density at radius 1 is 1.00 bits per heavy atom. The second-order valence-electron chi connectivity index (χ2n) is 8.82. The lowest BCUT2D eigenvalue weighted by Gasteiger charge is -2.30. The second kappa shape index (κ2) is 10.7. The first kappa shape index (κ1) is 23.8. The molecule has 1 fully saturated rings. The van der Waals surface area contributed by atoms with Crippen LogP contribution in [0.4, 0.5) is 4.79 Å². The maximum atomic E-state index is 12.8. The summed E-state index contributed by atoms with van der Waals surface area (Å²) in [5.74, 6) is -2.12. The van der Waals surface area contributed by atoms with Crippen LogP contribution in [0.25, 0.3) is 11.1 Å². The Bertz CT molecular complexity index is 1010. The Morgan fingerprint density at radius 2 is 1.62 bits per heavy atom. The maximum absolute atomic E-state index is 12.8. The highest BCUT2D eigenvalue weighted by Crippen LogP contribution is 2.44. The van der Waals surface area contributed by atoms with E-state index >= 15 is 0 Å². The van der Waals surface area contributed by atoms with Gasteiger partial charge in [-0.05, 0) is 35.1 Å². The third-order valence-corrected chi connectivity index (χ3v) is 6.70. The Hall–Kier alpha value is -3.39. The number of benzene rings is 2. The smallest absolute Gasteiger partial charge is 0.407 e. The van der Waals surface area contributed by atoms with Crippen LogP contribution in [0, 0.1) is 5.92 Å². The van der Waals surface area contributed by atoms with Gasteiger partial charge in [0, 0.05) is 19.1 Å². The number of methoxy groups -OCH3 is 1. The number of rotatable bonds is 8. The summed E-state index contributed by atoms with van der Waals surface area (Å²) in [5, 5.41) is 14.8. The van der Waals surface area contributed by atoms with Crippen LogP contribution in [0.2, 0.25) is 0 Å². The highest BCUT2D eigenvalue weighted by atomic mass is 16.5. The molecule has 0 aromatic heterocycles. The largest absolute Gasteiger partial charge is 0.481 e. The Labute approximate surface area is 198 Å². The maximum Gasteiger partial charge on any atom is 0.407 e. The van der Waals surface area contributed by atoms with Gasteiger partial charge in [0.05, 0.1) is 12.5 Å². The summed E-state index contributed by atoms with van der Waals surface area (Å²) in [7, 11) is 1.43. The van der Waals surface area contributed by atoms with Crippen molar-refractivity contribution in [2.45, 2.75) is 43.7 Å². The molecule has 2 amide bonds. The zero-order valence-corrected chi connectivity index (χ0v) is 19.2. The molecule has 0 saturated heterocycles. The third kappa shape index (κ3) is 5.07. The molecule has 2 aliphatic carbocycles. The SMILES string of the molecule is COCC(NC(=O)OCC1c2ccccc2-c2ccccc21)C(=O)N[C@H]1CCCC[C@H]1C(=O)O. The van der Waals surface area contributed by atoms with Gasteiger partial charge in [-0.3, -0.25) is 9.59 Å². The van der Waals surface area contributed by atoms with Gasteiger partial charge in [0.15, 0.2) is 0 Å². The summed E-state index contributed by atoms with van der Waals surface area (Å²) < 4.78 is 10.6. The molecule has 0 bridgehead atoms. The van der Waals surface area contributed by atoms with Crippen molar-refractivity contribution in [3.05, 3.63) is 59.7 Å². The highest BCUT2D eigenvalue weighted by molar-refractivity contribution is 5.86. The molecule has 34 heavy (non-hydrogen) atoms. The van der Waals surface area contributed by atoms with Crippen molar-refractivity contribution in [2.24, 2.45) is 5.92 Å². The number of alkyl carbamates (subject to hydrolysis) is 1. The van der Waals surface area contributed by atoms with E-state index < -0.39 is 36.0 Å². The van der Waals surface area contributed by atoms with Crippen LogP contribution in [-0.2, 0) is 19.1 Å². The fourth-order valence-electron chi connectivity index (χ4n) is 5.01. The fourth-order valence-corrected chi connectivity index (χ4v) is 5.01. The minimum absolute atomic E-state index is 0.0551. The highest BCUT2D eigenvalue weighted by Gasteiger charge is 2.34. The van der Waals surface area contributed by atoms with Crippen molar-refractivity contribution in [3.63, 3.8) is 0 Å². The van der Waals surface area contributed by atoms with Gasteiger partial charge in [0.25, 0.3) is 0 Å². The van der Waals surface area contributed by atoms with Crippen molar-refractivity contribution in [3.8, 4) is 11.1 Å². The molecule has 2 aromatic carbocycles. The summed E-state index contributed by atoms with van der Waals surface area (Å²) in [4.78, 5) is 37.0. The number of carboxylic acid groups (broad SMARTS) is 1. The Balaban J connectivity index is 1.38. The molecule has 8 heteroatoms. The summed E-state index contributed by atoms with van der Waals surface area (Å²) >= 11 is 0. The number of carbonyl (C=O) groups excluding carboxylic acids is 2. The van der Waals surface area contributed by atoms with E-state index in [0.717, 1.165) is 35.1 Å². The molecule has 1 unspecified atom stereocenters. The van der Waals surface area contributed by atoms with Gasteiger partial charge < -0.3 is 25.2 Å². The van der Waals surface area contributed by atoms with Gasteiger partial charge in [0.2, 0.25) is 5.91 Å². The van der Waals surface area contributed by atoms with Gasteiger partial charge in [-0.25, -0.2) is 4.79 Å². The Morgan fingerprint density at radius 3 is 2.24 bits per heavy atom. The van der Waals surface area contributed by atoms with Crippen molar-refractivity contribution < 1.29 is 29.0 Å². The Kier molecular flexibility index (Phi) is 7.47. The van der Waals surface area contributed by atoms with Crippen molar-refractivity contribution in [1.82, 2.24) is 10.6 Å². The number of hydrogen-bond acceptors (Lipinski definition) is 5. The van der Waals surface area contributed by atoms with Gasteiger partial charge in [-0.2, -0.15) is 0 Å². The van der Waals surface area contributed by atoms with Crippen LogP contribution >= 0.6 is 0 Å². The lowest BCUT2D eigenvalue weighted by atomic mass is 9.84. The van der Waals surface area contributed by atoms with Gasteiger partial charge in [0.1, 0.15) is 12.6 Å². The van der Waals surface area contributed by atoms with E-state index in [1.807, 2.05) is 36.4 Å². The monoisotopic (exact) mass is 466 g/mol. The molecule has 0 spiro atoms. The van der Waals surface area contributed by atoms with Crippen LogP contribution in [0.15, 0.2) is 48.5 Å². The number of carboxylic acids is 1. The van der Waals surface area contributed by atoms with Gasteiger partial charge >= 0.3 is 12.1 Å².